The van der Waals surface area contributed by atoms with Crippen LogP contribution in [0.2, 0.25) is 0 Å². The monoisotopic (exact) mass is 292 g/mol. The fraction of sp³-hybridized carbons (Fsp3) is 0.625. The van der Waals surface area contributed by atoms with Crippen LogP contribution in [0.5, 0.6) is 0 Å². The van der Waals surface area contributed by atoms with Crippen molar-refractivity contribution in [3.05, 3.63) is 35.9 Å². The molecule has 0 amide bonds. The average molecular weight is 292 g/mol. The van der Waals surface area contributed by atoms with Crippen molar-refractivity contribution in [2.75, 3.05) is 6.61 Å². The molecule has 5 heteroatoms. The highest BCUT2D eigenvalue weighted by Gasteiger charge is 2.52. The highest BCUT2D eigenvalue weighted by atomic mass is 16.8. The van der Waals surface area contributed by atoms with Crippen LogP contribution in [0.1, 0.15) is 25.7 Å². The van der Waals surface area contributed by atoms with Crippen LogP contribution in [-0.4, -0.2) is 37.5 Å². The van der Waals surface area contributed by atoms with Crippen LogP contribution in [0.25, 0.3) is 0 Å². The Morgan fingerprint density at radius 3 is 2.52 bits per heavy atom. The van der Waals surface area contributed by atoms with Gasteiger partial charge in [0, 0.05) is 11.5 Å². The van der Waals surface area contributed by atoms with Crippen molar-refractivity contribution < 1.29 is 23.7 Å². The van der Waals surface area contributed by atoms with E-state index in [1.165, 1.54) is 0 Å². The van der Waals surface area contributed by atoms with E-state index in [4.69, 9.17) is 23.7 Å². The Morgan fingerprint density at radius 1 is 0.905 bits per heavy atom. The molecule has 0 bridgehead atoms. The number of hydrogen-bond donors (Lipinski definition) is 0. The molecule has 1 aromatic rings. The summed E-state index contributed by atoms with van der Waals surface area (Å²) in [6.07, 6.45) is -1.09. The number of rotatable bonds is 1. The molecule has 3 heterocycles. The second kappa shape index (κ2) is 5.34. The molecule has 7 atom stereocenters. The first-order valence-electron chi connectivity index (χ1n) is 7.51. The molecule has 0 N–H and O–H groups in total. The standard InChI is InChI=1S/C16H20O5/c1-9-13-12(20-16-14(9)18-10(2)19-16)8-17-15(21-13)11-6-4-3-5-7-11/h3-7,9-10,12-16H,8H2,1-2H3/t9-,10?,12?,13-,14?,15?,16-/m0/s1. The summed E-state index contributed by atoms with van der Waals surface area (Å²) in [5.74, 6) is 0.203. The summed E-state index contributed by atoms with van der Waals surface area (Å²) in [5, 5.41) is 0. The van der Waals surface area contributed by atoms with Crippen LogP contribution < -0.4 is 0 Å². The maximum absolute atomic E-state index is 6.15. The Bertz CT molecular complexity index is 493. The fourth-order valence-electron chi connectivity index (χ4n) is 3.34. The van der Waals surface area contributed by atoms with Crippen molar-refractivity contribution >= 4 is 0 Å². The highest BCUT2D eigenvalue weighted by molar-refractivity contribution is 5.16. The molecule has 21 heavy (non-hydrogen) atoms. The second-order valence-electron chi connectivity index (χ2n) is 5.88. The van der Waals surface area contributed by atoms with Gasteiger partial charge >= 0.3 is 0 Å². The predicted octanol–water partition coefficient (Wildman–Crippen LogP) is 2.22. The van der Waals surface area contributed by atoms with Gasteiger partial charge in [-0.1, -0.05) is 37.3 Å². The van der Waals surface area contributed by atoms with Crippen LogP contribution >= 0.6 is 0 Å². The highest BCUT2D eigenvalue weighted by Crippen LogP contribution is 2.40. The van der Waals surface area contributed by atoms with Gasteiger partial charge in [0.15, 0.2) is 18.9 Å². The lowest BCUT2D eigenvalue weighted by molar-refractivity contribution is -0.328. The van der Waals surface area contributed by atoms with E-state index in [0.29, 0.717) is 6.61 Å². The van der Waals surface area contributed by atoms with Crippen molar-refractivity contribution in [1.29, 1.82) is 0 Å². The van der Waals surface area contributed by atoms with Crippen molar-refractivity contribution in [2.24, 2.45) is 5.92 Å². The Kier molecular flexibility index (Phi) is 3.47. The van der Waals surface area contributed by atoms with Gasteiger partial charge in [0.05, 0.1) is 12.7 Å². The summed E-state index contributed by atoms with van der Waals surface area (Å²) in [7, 11) is 0. The molecule has 3 fully saturated rings. The molecule has 0 aromatic heterocycles. The topological polar surface area (TPSA) is 46.2 Å². The summed E-state index contributed by atoms with van der Waals surface area (Å²) in [4.78, 5) is 0. The maximum atomic E-state index is 6.15. The van der Waals surface area contributed by atoms with Crippen molar-refractivity contribution in [3.8, 4) is 0 Å². The number of hydrogen-bond acceptors (Lipinski definition) is 5. The van der Waals surface area contributed by atoms with Gasteiger partial charge in [-0.15, -0.1) is 0 Å². The van der Waals surface area contributed by atoms with Crippen molar-refractivity contribution in [3.63, 3.8) is 0 Å². The van der Waals surface area contributed by atoms with Gasteiger partial charge in [-0.25, -0.2) is 0 Å². The Labute approximate surface area is 124 Å². The summed E-state index contributed by atoms with van der Waals surface area (Å²) < 4.78 is 29.3. The quantitative estimate of drug-likeness (QED) is 0.794. The zero-order valence-corrected chi connectivity index (χ0v) is 12.2. The van der Waals surface area contributed by atoms with Gasteiger partial charge in [-0.3, -0.25) is 0 Å². The molecule has 3 saturated heterocycles. The number of fused-ring (bicyclic) bond motifs is 2. The molecule has 0 spiro atoms. The molecule has 4 unspecified atom stereocenters. The normalized spacial score (nSPS) is 45.9. The lowest BCUT2D eigenvalue weighted by atomic mass is 9.90. The third-order valence-corrected chi connectivity index (χ3v) is 4.42. The molecule has 4 rings (SSSR count). The molecule has 1 aromatic carbocycles. The lowest BCUT2D eigenvalue weighted by Gasteiger charge is -2.45. The molecular weight excluding hydrogens is 272 g/mol. The number of benzene rings is 1. The van der Waals surface area contributed by atoms with Crippen molar-refractivity contribution in [2.45, 2.75) is 51.0 Å². The van der Waals surface area contributed by atoms with Gasteiger partial charge in [0.25, 0.3) is 0 Å². The van der Waals surface area contributed by atoms with E-state index in [2.05, 4.69) is 6.92 Å². The lowest BCUT2D eigenvalue weighted by Crippen LogP contribution is -2.57. The average Bonchev–Trinajstić information content (AvgIpc) is 2.89. The Balaban J connectivity index is 1.52. The molecule has 114 valence electrons. The SMILES string of the molecule is CC1OC2[C@@H](O1)OC1COC(c3ccccc3)O[C@H]1[C@@H]2C. The van der Waals surface area contributed by atoms with E-state index in [0.717, 1.165) is 5.56 Å². The molecule has 5 nitrogen and oxygen atoms in total. The van der Waals surface area contributed by atoms with Gasteiger partial charge in [-0.2, -0.15) is 0 Å². The van der Waals surface area contributed by atoms with Crippen LogP contribution in [0.4, 0.5) is 0 Å². The third-order valence-electron chi connectivity index (χ3n) is 4.42. The first-order chi connectivity index (χ1) is 10.2. The Hall–Kier alpha value is -0.980. The van der Waals surface area contributed by atoms with E-state index < -0.39 is 0 Å². The molecular formula is C16H20O5. The minimum Gasteiger partial charge on any atom is -0.346 e. The van der Waals surface area contributed by atoms with Gasteiger partial charge in [0.2, 0.25) is 0 Å². The Morgan fingerprint density at radius 2 is 1.71 bits per heavy atom. The van der Waals surface area contributed by atoms with E-state index >= 15 is 0 Å². The van der Waals surface area contributed by atoms with Crippen LogP contribution in [0.3, 0.4) is 0 Å². The second-order valence-corrected chi connectivity index (χ2v) is 5.88. The first-order valence-corrected chi connectivity index (χ1v) is 7.51. The minimum atomic E-state index is -0.338. The van der Waals surface area contributed by atoms with E-state index in [1.807, 2.05) is 37.3 Å². The third kappa shape index (κ3) is 2.39. The molecule has 3 aliphatic heterocycles. The summed E-state index contributed by atoms with van der Waals surface area (Å²) >= 11 is 0. The largest absolute Gasteiger partial charge is 0.346 e. The molecule has 0 aliphatic carbocycles. The van der Waals surface area contributed by atoms with Gasteiger partial charge < -0.3 is 23.7 Å². The number of ether oxygens (including phenoxy) is 5. The molecule has 3 aliphatic rings. The van der Waals surface area contributed by atoms with E-state index in [1.54, 1.807) is 0 Å². The van der Waals surface area contributed by atoms with Crippen molar-refractivity contribution in [1.82, 2.24) is 0 Å². The van der Waals surface area contributed by atoms with E-state index in [-0.39, 0.29) is 43.1 Å². The first kappa shape index (κ1) is 13.7. The summed E-state index contributed by atoms with van der Waals surface area (Å²) in [6, 6.07) is 9.98. The van der Waals surface area contributed by atoms with Crippen LogP contribution in [-0.2, 0) is 23.7 Å². The van der Waals surface area contributed by atoms with E-state index in [9.17, 15) is 0 Å². The van der Waals surface area contributed by atoms with Crippen LogP contribution in [0.15, 0.2) is 30.3 Å². The predicted molar refractivity (Wildman–Crippen MR) is 73.3 cm³/mol. The molecule has 0 radical (unpaired) electrons. The molecule has 0 saturated carbocycles. The minimum absolute atomic E-state index is 0.0425. The zero-order valence-electron chi connectivity index (χ0n) is 12.2. The summed E-state index contributed by atoms with van der Waals surface area (Å²) in [6.45, 7) is 4.53. The zero-order chi connectivity index (χ0) is 14.4. The smallest absolute Gasteiger partial charge is 0.187 e. The fourth-order valence-corrected chi connectivity index (χ4v) is 3.34. The van der Waals surface area contributed by atoms with Gasteiger partial charge in [-0.05, 0) is 6.92 Å². The maximum Gasteiger partial charge on any atom is 0.187 e. The van der Waals surface area contributed by atoms with Crippen LogP contribution in [0, 0.1) is 5.92 Å². The van der Waals surface area contributed by atoms with Gasteiger partial charge in [0.1, 0.15) is 12.2 Å². The summed E-state index contributed by atoms with van der Waals surface area (Å²) in [5.41, 5.74) is 1.03.